The fraction of sp³-hybridized carbons (Fsp3) is 0.450. The quantitative estimate of drug-likeness (QED) is 0.653. The lowest BCUT2D eigenvalue weighted by Gasteiger charge is -2.22. The second-order valence-electron chi connectivity index (χ2n) is 7.87. The van der Waals surface area contributed by atoms with E-state index in [1.807, 2.05) is 4.90 Å². The number of hydrogen-bond donors (Lipinski definition) is 3. The van der Waals surface area contributed by atoms with Crippen LogP contribution in [0.5, 0.6) is 0 Å². The van der Waals surface area contributed by atoms with Crippen LogP contribution >= 0.6 is 12.4 Å². The molecule has 0 radical (unpaired) electrons. The molecule has 1 aromatic carbocycles. The molecule has 4 N–H and O–H groups in total. The van der Waals surface area contributed by atoms with Gasteiger partial charge in [-0.3, -0.25) is 9.59 Å². The van der Waals surface area contributed by atoms with Crippen LogP contribution in [0.4, 0.5) is 10.1 Å². The SMILES string of the molecule is C[C@H](N)C(=O)N[C@H]1CCN(c2cc3c(cc2F)c(=O)c(C(=O)O)cn3C2CC2)C1.Cl. The molecular weight excluding hydrogens is 415 g/mol. The molecule has 10 heteroatoms. The number of fused-ring (bicyclic) bond motifs is 1. The van der Waals surface area contributed by atoms with Crippen molar-refractivity contribution in [3.8, 4) is 0 Å². The smallest absolute Gasteiger partial charge is 0.341 e. The summed E-state index contributed by atoms with van der Waals surface area (Å²) in [5, 5.41) is 12.3. The van der Waals surface area contributed by atoms with Crippen molar-refractivity contribution < 1.29 is 19.1 Å². The Hall–Kier alpha value is -2.65. The number of pyridine rings is 1. The number of rotatable bonds is 5. The van der Waals surface area contributed by atoms with Crippen molar-refractivity contribution in [2.24, 2.45) is 5.73 Å². The highest BCUT2D eigenvalue weighted by molar-refractivity contribution is 5.93. The van der Waals surface area contributed by atoms with Gasteiger partial charge in [0, 0.05) is 36.8 Å². The maximum absolute atomic E-state index is 14.9. The topological polar surface area (TPSA) is 118 Å². The fourth-order valence-corrected chi connectivity index (χ4v) is 3.84. The van der Waals surface area contributed by atoms with Crippen LogP contribution in [0.25, 0.3) is 10.9 Å². The van der Waals surface area contributed by atoms with E-state index in [0.29, 0.717) is 30.7 Å². The van der Waals surface area contributed by atoms with Gasteiger partial charge in [0.25, 0.3) is 0 Å². The van der Waals surface area contributed by atoms with E-state index in [-0.39, 0.29) is 41.3 Å². The molecule has 162 valence electrons. The summed E-state index contributed by atoms with van der Waals surface area (Å²) in [4.78, 5) is 37.6. The predicted molar refractivity (Wildman–Crippen MR) is 113 cm³/mol. The molecular formula is C20H24ClFN4O4. The summed E-state index contributed by atoms with van der Waals surface area (Å²) in [6.45, 7) is 2.59. The number of benzene rings is 1. The first kappa shape index (κ1) is 22.0. The number of nitrogens with one attached hydrogen (secondary N) is 1. The van der Waals surface area contributed by atoms with Crippen LogP contribution in [0.1, 0.15) is 42.6 Å². The van der Waals surface area contributed by atoms with Gasteiger partial charge >= 0.3 is 5.97 Å². The van der Waals surface area contributed by atoms with Crippen molar-refractivity contribution in [3.05, 3.63) is 39.9 Å². The lowest BCUT2D eigenvalue weighted by atomic mass is 10.1. The van der Waals surface area contributed by atoms with Gasteiger partial charge < -0.3 is 25.6 Å². The minimum Gasteiger partial charge on any atom is -0.477 e. The highest BCUT2D eigenvalue weighted by atomic mass is 35.5. The third-order valence-electron chi connectivity index (χ3n) is 5.56. The third kappa shape index (κ3) is 3.99. The number of aromatic nitrogens is 1. The van der Waals surface area contributed by atoms with Gasteiger partial charge in [-0.1, -0.05) is 0 Å². The van der Waals surface area contributed by atoms with Gasteiger partial charge in [0.2, 0.25) is 11.3 Å². The number of nitrogens with zero attached hydrogens (tertiary/aromatic N) is 2. The Bertz CT molecular complexity index is 1070. The summed E-state index contributed by atoms with van der Waals surface area (Å²) in [7, 11) is 0. The standard InChI is InChI=1S/C20H23FN4O4.ClH/c1-10(22)19(27)23-11-4-5-24(8-11)17-7-16-13(6-15(17)21)18(26)14(20(28)29)9-25(16)12-2-3-12;/h6-7,9-12H,2-5,8,22H2,1H3,(H,23,27)(H,28,29);1H/t10-,11-;/m0./s1. The normalized spacial score (nSPS) is 19.4. The molecule has 2 heterocycles. The lowest BCUT2D eigenvalue weighted by Crippen LogP contribution is -2.45. The predicted octanol–water partition coefficient (Wildman–Crippen LogP) is 1.64. The summed E-state index contributed by atoms with van der Waals surface area (Å²) in [5.74, 6) is -2.15. The molecule has 0 spiro atoms. The minimum absolute atomic E-state index is 0. The van der Waals surface area contributed by atoms with Crippen molar-refractivity contribution in [2.75, 3.05) is 18.0 Å². The third-order valence-corrected chi connectivity index (χ3v) is 5.56. The Morgan fingerprint density at radius 1 is 1.30 bits per heavy atom. The Morgan fingerprint density at radius 2 is 2.00 bits per heavy atom. The van der Waals surface area contributed by atoms with Crippen LogP contribution in [0.15, 0.2) is 23.1 Å². The maximum atomic E-state index is 14.9. The second kappa shape index (κ2) is 8.23. The van der Waals surface area contributed by atoms with Crippen molar-refractivity contribution >= 4 is 40.9 Å². The summed E-state index contributed by atoms with van der Waals surface area (Å²) in [6.07, 6.45) is 3.79. The van der Waals surface area contributed by atoms with Crippen LogP contribution in [-0.4, -0.2) is 46.7 Å². The van der Waals surface area contributed by atoms with Crippen molar-refractivity contribution in [2.45, 2.75) is 44.3 Å². The number of carboxylic acids is 1. The number of anilines is 1. The number of carbonyl (C=O) groups is 2. The van der Waals surface area contributed by atoms with Crippen molar-refractivity contribution in [1.82, 2.24) is 9.88 Å². The molecule has 1 amide bonds. The van der Waals surface area contributed by atoms with Gasteiger partial charge in [0.15, 0.2) is 0 Å². The van der Waals surface area contributed by atoms with Crippen LogP contribution in [0, 0.1) is 5.82 Å². The molecule has 1 aliphatic carbocycles. The van der Waals surface area contributed by atoms with E-state index in [0.717, 1.165) is 18.9 Å². The van der Waals surface area contributed by atoms with Crippen LogP contribution in [-0.2, 0) is 4.79 Å². The van der Waals surface area contributed by atoms with E-state index in [1.54, 1.807) is 17.6 Å². The molecule has 2 aromatic rings. The number of carbonyl (C=O) groups excluding carboxylic acids is 1. The number of hydrogen-bond acceptors (Lipinski definition) is 5. The van der Waals surface area contributed by atoms with Crippen molar-refractivity contribution in [3.63, 3.8) is 0 Å². The zero-order valence-electron chi connectivity index (χ0n) is 16.4. The van der Waals surface area contributed by atoms with E-state index >= 15 is 0 Å². The van der Waals surface area contributed by atoms with Gasteiger partial charge in [-0.05, 0) is 38.3 Å². The fourth-order valence-electron chi connectivity index (χ4n) is 3.84. The zero-order valence-corrected chi connectivity index (χ0v) is 17.2. The summed E-state index contributed by atoms with van der Waals surface area (Å²) >= 11 is 0. The molecule has 0 bridgehead atoms. The van der Waals surface area contributed by atoms with Gasteiger partial charge in [-0.2, -0.15) is 0 Å². The summed E-state index contributed by atoms with van der Waals surface area (Å²) in [5.41, 5.74) is 5.42. The van der Waals surface area contributed by atoms with E-state index in [9.17, 15) is 23.9 Å². The molecule has 1 aliphatic heterocycles. The molecule has 1 saturated carbocycles. The molecule has 30 heavy (non-hydrogen) atoms. The van der Waals surface area contributed by atoms with Crippen LogP contribution < -0.4 is 21.4 Å². The van der Waals surface area contributed by atoms with Crippen molar-refractivity contribution in [1.29, 1.82) is 0 Å². The molecule has 0 unspecified atom stereocenters. The summed E-state index contributed by atoms with van der Waals surface area (Å²) in [6, 6.07) is 2.12. The highest BCUT2D eigenvalue weighted by Crippen LogP contribution is 2.38. The van der Waals surface area contributed by atoms with Gasteiger partial charge in [-0.15, -0.1) is 12.4 Å². The largest absolute Gasteiger partial charge is 0.477 e. The second-order valence-corrected chi connectivity index (χ2v) is 7.87. The molecule has 8 nitrogen and oxygen atoms in total. The Kier molecular flexibility index (Phi) is 6.05. The van der Waals surface area contributed by atoms with Gasteiger partial charge in [0.05, 0.1) is 17.2 Å². The molecule has 1 saturated heterocycles. The number of carboxylic acid groups (broad SMARTS) is 1. The Morgan fingerprint density at radius 3 is 2.60 bits per heavy atom. The number of aromatic carboxylic acids is 1. The van der Waals surface area contributed by atoms with Crippen LogP contribution in [0.2, 0.25) is 0 Å². The summed E-state index contributed by atoms with van der Waals surface area (Å²) < 4.78 is 16.7. The zero-order chi connectivity index (χ0) is 20.9. The number of halogens is 2. The molecule has 2 atom stereocenters. The molecule has 1 aromatic heterocycles. The van der Waals surface area contributed by atoms with Crippen LogP contribution in [0.3, 0.4) is 0 Å². The molecule has 2 fully saturated rings. The minimum atomic E-state index is -1.32. The highest BCUT2D eigenvalue weighted by Gasteiger charge is 2.30. The average molecular weight is 439 g/mol. The number of amides is 1. The van der Waals surface area contributed by atoms with E-state index in [2.05, 4.69) is 5.32 Å². The first-order valence-electron chi connectivity index (χ1n) is 9.69. The molecule has 2 aliphatic rings. The Labute approximate surface area is 178 Å². The average Bonchev–Trinajstić information content (AvgIpc) is 3.40. The molecule has 4 rings (SSSR count). The van der Waals surface area contributed by atoms with E-state index in [4.69, 9.17) is 5.73 Å². The first-order valence-corrected chi connectivity index (χ1v) is 9.69. The lowest BCUT2D eigenvalue weighted by molar-refractivity contribution is -0.122. The van der Waals surface area contributed by atoms with Gasteiger partial charge in [-0.25, -0.2) is 9.18 Å². The maximum Gasteiger partial charge on any atom is 0.341 e. The number of nitrogens with two attached hydrogens (primary N) is 1. The van der Waals surface area contributed by atoms with E-state index < -0.39 is 23.3 Å². The van der Waals surface area contributed by atoms with E-state index in [1.165, 1.54) is 6.20 Å². The first-order chi connectivity index (χ1) is 13.8. The Balaban J connectivity index is 0.00000256. The monoisotopic (exact) mass is 438 g/mol. The van der Waals surface area contributed by atoms with Gasteiger partial charge in [0.1, 0.15) is 11.4 Å².